The van der Waals surface area contributed by atoms with E-state index in [0.29, 0.717) is 17.4 Å². The third kappa shape index (κ3) is 4.21. The van der Waals surface area contributed by atoms with Crippen LogP contribution in [0.3, 0.4) is 0 Å². The van der Waals surface area contributed by atoms with Gasteiger partial charge in [-0.1, -0.05) is 31.9 Å². The van der Waals surface area contributed by atoms with E-state index in [2.05, 4.69) is 13.8 Å². The Labute approximate surface area is 109 Å². The van der Waals surface area contributed by atoms with Gasteiger partial charge in [0.05, 0.1) is 13.2 Å². The predicted molar refractivity (Wildman–Crippen MR) is 71.8 cm³/mol. The molecule has 1 N–H and O–H groups in total. The molecule has 0 aliphatic rings. The zero-order valence-corrected chi connectivity index (χ0v) is 11.5. The van der Waals surface area contributed by atoms with Crippen LogP contribution in [0.5, 0.6) is 5.75 Å². The van der Waals surface area contributed by atoms with Crippen molar-refractivity contribution < 1.29 is 9.84 Å². The van der Waals surface area contributed by atoms with E-state index in [4.69, 9.17) is 16.3 Å². The normalized spacial score (nSPS) is 14.4. The van der Waals surface area contributed by atoms with Crippen LogP contribution in [0, 0.1) is 5.92 Å². The molecule has 0 saturated carbocycles. The lowest BCUT2D eigenvalue weighted by molar-refractivity contribution is 0.111. The Kier molecular flexibility index (Phi) is 5.79. The van der Waals surface area contributed by atoms with Gasteiger partial charge in [-0.15, -0.1) is 0 Å². The van der Waals surface area contributed by atoms with E-state index in [9.17, 15) is 5.11 Å². The van der Waals surface area contributed by atoms with Crippen molar-refractivity contribution in [3.63, 3.8) is 0 Å². The summed E-state index contributed by atoms with van der Waals surface area (Å²) in [6, 6.07) is 5.50. The Hall–Kier alpha value is -0.730. The van der Waals surface area contributed by atoms with Gasteiger partial charge in [0, 0.05) is 11.4 Å². The molecule has 2 nitrogen and oxygen atoms in total. The summed E-state index contributed by atoms with van der Waals surface area (Å²) in [5.74, 6) is 1.08. The molecule has 0 spiro atoms. The van der Waals surface area contributed by atoms with Crippen molar-refractivity contribution in [3.8, 4) is 5.75 Å². The van der Waals surface area contributed by atoms with Crippen molar-refractivity contribution in [3.05, 3.63) is 28.8 Å². The fourth-order valence-corrected chi connectivity index (χ4v) is 2.18. The highest BCUT2D eigenvalue weighted by atomic mass is 35.5. The molecule has 2 atom stereocenters. The van der Waals surface area contributed by atoms with Crippen molar-refractivity contribution >= 4 is 11.6 Å². The molecule has 0 amide bonds. The molecule has 0 aromatic heterocycles. The summed E-state index contributed by atoms with van der Waals surface area (Å²) in [5, 5.41) is 10.8. The average molecular weight is 257 g/mol. The third-order valence-corrected chi connectivity index (χ3v) is 3.31. The van der Waals surface area contributed by atoms with Gasteiger partial charge in [-0.25, -0.2) is 0 Å². The maximum absolute atomic E-state index is 10.1. The molecule has 0 aliphatic heterocycles. The van der Waals surface area contributed by atoms with E-state index in [1.54, 1.807) is 13.2 Å². The Morgan fingerprint density at radius 3 is 2.71 bits per heavy atom. The van der Waals surface area contributed by atoms with Gasteiger partial charge in [0.2, 0.25) is 0 Å². The van der Waals surface area contributed by atoms with Gasteiger partial charge in [-0.2, -0.15) is 0 Å². The summed E-state index contributed by atoms with van der Waals surface area (Å²) in [6.07, 6.45) is 2.36. The number of benzene rings is 1. The highest BCUT2D eigenvalue weighted by molar-refractivity contribution is 6.30. The minimum Gasteiger partial charge on any atom is -0.496 e. The minimum absolute atomic E-state index is 0.295. The first kappa shape index (κ1) is 14.3. The van der Waals surface area contributed by atoms with Crippen LogP contribution in [0.25, 0.3) is 0 Å². The van der Waals surface area contributed by atoms with Crippen LogP contribution < -0.4 is 4.74 Å². The quantitative estimate of drug-likeness (QED) is 0.841. The van der Waals surface area contributed by atoms with Crippen LogP contribution in [0.1, 0.15) is 32.3 Å². The Bertz CT molecular complexity index is 352. The lowest BCUT2D eigenvalue weighted by Crippen LogP contribution is -2.20. The Morgan fingerprint density at radius 1 is 1.41 bits per heavy atom. The molecule has 96 valence electrons. The van der Waals surface area contributed by atoms with E-state index < -0.39 is 0 Å². The van der Waals surface area contributed by atoms with E-state index in [-0.39, 0.29) is 6.10 Å². The Morgan fingerprint density at radius 2 is 2.12 bits per heavy atom. The highest BCUT2D eigenvalue weighted by Gasteiger charge is 2.16. The minimum atomic E-state index is -0.345. The number of aliphatic hydroxyl groups is 1. The van der Waals surface area contributed by atoms with Crippen LogP contribution in [0.4, 0.5) is 0 Å². The smallest absolute Gasteiger partial charge is 0.122 e. The lowest BCUT2D eigenvalue weighted by Gasteiger charge is -2.19. The first-order chi connectivity index (χ1) is 8.08. The maximum Gasteiger partial charge on any atom is 0.122 e. The van der Waals surface area contributed by atoms with Gasteiger partial charge in [-0.05, 0) is 36.1 Å². The molecule has 0 saturated heterocycles. The summed E-state index contributed by atoms with van der Waals surface area (Å²) in [5.41, 5.74) is 0.968. The number of hydrogen-bond acceptors (Lipinski definition) is 2. The number of methoxy groups -OCH3 is 1. The lowest BCUT2D eigenvalue weighted by atomic mass is 9.94. The fraction of sp³-hybridized carbons (Fsp3) is 0.571. The number of halogens is 1. The summed E-state index contributed by atoms with van der Waals surface area (Å²) in [7, 11) is 1.63. The molecule has 2 unspecified atom stereocenters. The molecule has 17 heavy (non-hydrogen) atoms. The Balaban J connectivity index is 2.76. The predicted octanol–water partition coefficient (Wildman–Crippen LogP) is 3.69. The van der Waals surface area contributed by atoms with Crippen molar-refractivity contribution in [2.45, 2.75) is 39.2 Å². The molecule has 1 aromatic rings. The summed E-state index contributed by atoms with van der Waals surface area (Å²) < 4.78 is 5.27. The van der Waals surface area contributed by atoms with Gasteiger partial charge in [0.15, 0.2) is 0 Å². The summed E-state index contributed by atoms with van der Waals surface area (Å²) >= 11 is 5.96. The van der Waals surface area contributed by atoms with Crippen LogP contribution in [-0.4, -0.2) is 18.3 Å². The third-order valence-electron chi connectivity index (χ3n) is 3.07. The molecule has 1 rings (SSSR count). The van der Waals surface area contributed by atoms with E-state index >= 15 is 0 Å². The standard InChI is InChI=1S/C14H21ClO2/c1-4-5-10(2)13(16)9-11-8-12(15)6-7-14(11)17-3/h6-8,10,13,16H,4-5,9H2,1-3H3. The van der Waals surface area contributed by atoms with E-state index in [1.807, 2.05) is 12.1 Å². The van der Waals surface area contributed by atoms with Crippen LogP contribution in [0.15, 0.2) is 18.2 Å². The van der Waals surface area contributed by atoms with Crippen LogP contribution in [-0.2, 0) is 6.42 Å². The van der Waals surface area contributed by atoms with Gasteiger partial charge in [0.25, 0.3) is 0 Å². The first-order valence-electron chi connectivity index (χ1n) is 6.09. The molecule has 0 bridgehead atoms. The summed E-state index contributed by atoms with van der Waals surface area (Å²) in [6.45, 7) is 4.20. The van der Waals surface area contributed by atoms with Crippen molar-refractivity contribution in [1.29, 1.82) is 0 Å². The highest BCUT2D eigenvalue weighted by Crippen LogP contribution is 2.26. The topological polar surface area (TPSA) is 29.5 Å². The molecular formula is C14H21ClO2. The number of rotatable bonds is 6. The molecule has 0 radical (unpaired) electrons. The van der Waals surface area contributed by atoms with Gasteiger partial charge >= 0.3 is 0 Å². The second kappa shape index (κ2) is 6.87. The van der Waals surface area contributed by atoms with E-state index in [1.165, 1.54) is 0 Å². The fourth-order valence-electron chi connectivity index (χ4n) is 1.98. The van der Waals surface area contributed by atoms with Gasteiger partial charge < -0.3 is 9.84 Å². The monoisotopic (exact) mass is 256 g/mol. The van der Waals surface area contributed by atoms with Crippen molar-refractivity contribution in [1.82, 2.24) is 0 Å². The van der Waals surface area contributed by atoms with Gasteiger partial charge in [0.1, 0.15) is 5.75 Å². The molecule has 0 aliphatic carbocycles. The van der Waals surface area contributed by atoms with Crippen molar-refractivity contribution in [2.75, 3.05) is 7.11 Å². The zero-order chi connectivity index (χ0) is 12.8. The second-order valence-corrected chi connectivity index (χ2v) is 4.93. The number of ether oxygens (including phenoxy) is 1. The SMILES string of the molecule is CCCC(C)C(O)Cc1cc(Cl)ccc1OC. The number of aliphatic hydroxyl groups excluding tert-OH is 1. The van der Waals surface area contributed by atoms with Crippen LogP contribution in [0.2, 0.25) is 5.02 Å². The molecule has 0 fully saturated rings. The number of hydrogen-bond donors (Lipinski definition) is 1. The largest absolute Gasteiger partial charge is 0.496 e. The average Bonchev–Trinajstić information content (AvgIpc) is 2.29. The van der Waals surface area contributed by atoms with E-state index in [0.717, 1.165) is 24.2 Å². The van der Waals surface area contributed by atoms with Crippen molar-refractivity contribution in [2.24, 2.45) is 5.92 Å². The zero-order valence-electron chi connectivity index (χ0n) is 10.7. The molecule has 1 aromatic carbocycles. The molecule has 0 heterocycles. The van der Waals surface area contributed by atoms with Gasteiger partial charge in [-0.3, -0.25) is 0 Å². The van der Waals surface area contributed by atoms with Crippen LogP contribution >= 0.6 is 11.6 Å². The summed E-state index contributed by atoms with van der Waals surface area (Å²) in [4.78, 5) is 0. The first-order valence-corrected chi connectivity index (χ1v) is 6.46. The molecule has 3 heteroatoms. The maximum atomic E-state index is 10.1. The second-order valence-electron chi connectivity index (χ2n) is 4.49. The molecular weight excluding hydrogens is 236 g/mol.